The van der Waals surface area contributed by atoms with Gasteiger partial charge >= 0.3 is 5.97 Å². The lowest BCUT2D eigenvalue weighted by molar-refractivity contribution is -0.143. The molecule has 1 aromatic rings. The molecule has 6 heteroatoms. The largest absolute Gasteiger partial charge is 0.480 e. The molecule has 2 rings (SSSR count). The highest BCUT2D eigenvalue weighted by Crippen LogP contribution is 2.23. The summed E-state index contributed by atoms with van der Waals surface area (Å²) < 4.78 is 10.4. The van der Waals surface area contributed by atoms with Gasteiger partial charge in [0.2, 0.25) is 0 Å². The van der Waals surface area contributed by atoms with Gasteiger partial charge in [0.15, 0.2) is 0 Å². The number of carboxylic acids is 1. The van der Waals surface area contributed by atoms with Crippen LogP contribution in [0, 0.1) is 6.92 Å². The summed E-state index contributed by atoms with van der Waals surface area (Å²) in [6.07, 6.45) is 2.17. The summed E-state index contributed by atoms with van der Waals surface area (Å²) in [7, 11) is 1.55. The van der Waals surface area contributed by atoms with Crippen LogP contribution >= 0.6 is 0 Å². The van der Waals surface area contributed by atoms with Gasteiger partial charge in [-0.3, -0.25) is 4.79 Å². The maximum Gasteiger partial charge on any atom is 0.326 e. The number of aryl methyl sites for hydroxylation is 1. The van der Waals surface area contributed by atoms with E-state index < -0.39 is 12.0 Å². The Morgan fingerprint density at radius 3 is 2.90 bits per heavy atom. The van der Waals surface area contributed by atoms with Crippen molar-refractivity contribution in [1.29, 1.82) is 0 Å². The van der Waals surface area contributed by atoms with Crippen LogP contribution in [-0.2, 0) is 16.1 Å². The highest BCUT2D eigenvalue weighted by molar-refractivity contribution is 5.97. The Bertz CT molecular complexity index is 508. The summed E-state index contributed by atoms with van der Waals surface area (Å²) in [5.74, 6) is -0.161. The number of aliphatic carboxylic acids is 1. The molecule has 1 N–H and O–H groups in total. The average Bonchev–Trinajstić information content (AvgIpc) is 2.79. The molecule has 0 aliphatic carbocycles. The van der Waals surface area contributed by atoms with Gasteiger partial charge in [-0.05, 0) is 32.3 Å². The van der Waals surface area contributed by atoms with Crippen molar-refractivity contribution in [1.82, 2.24) is 4.90 Å². The van der Waals surface area contributed by atoms with E-state index in [0.29, 0.717) is 30.0 Å². The number of rotatable bonds is 4. The first-order valence-electron chi connectivity index (χ1n) is 6.66. The Hall–Kier alpha value is -1.82. The average molecular weight is 281 g/mol. The van der Waals surface area contributed by atoms with Crippen molar-refractivity contribution in [3.05, 3.63) is 23.2 Å². The Kier molecular flexibility index (Phi) is 4.44. The van der Waals surface area contributed by atoms with Crippen molar-refractivity contribution in [2.45, 2.75) is 38.8 Å². The second kappa shape index (κ2) is 6.09. The molecule has 110 valence electrons. The molecule has 1 aromatic heterocycles. The standard InChI is InChI=1S/C14H19NO5/c1-9-11(7-10(20-9)8-19-2)13(16)15-6-4-3-5-12(15)14(17)18/h7,12H,3-6,8H2,1-2H3,(H,17,18). The van der Waals surface area contributed by atoms with E-state index in [4.69, 9.17) is 9.15 Å². The number of hydrogen-bond acceptors (Lipinski definition) is 4. The maximum atomic E-state index is 12.5. The number of likely N-dealkylation sites (tertiary alicyclic amines) is 1. The van der Waals surface area contributed by atoms with Gasteiger partial charge in [-0.2, -0.15) is 0 Å². The van der Waals surface area contributed by atoms with Crippen LogP contribution in [0.5, 0.6) is 0 Å². The Morgan fingerprint density at radius 1 is 1.50 bits per heavy atom. The predicted octanol–water partition coefficient (Wildman–Crippen LogP) is 1.81. The highest BCUT2D eigenvalue weighted by atomic mass is 16.5. The molecule has 2 heterocycles. The molecule has 20 heavy (non-hydrogen) atoms. The van der Waals surface area contributed by atoms with Crippen LogP contribution in [0.15, 0.2) is 10.5 Å². The molecule has 0 aromatic carbocycles. The zero-order valence-electron chi connectivity index (χ0n) is 11.7. The number of hydrogen-bond donors (Lipinski definition) is 1. The molecule has 0 radical (unpaired) electrons. The number of nitrogens with zero attached hydrogens (tertiary/aromatic N) is 1. The minimum atomic E-state index is -0.948. The van der Waals surface area contributed by atoms with Gasteiger partial charge in [-0.25, -0.2) is 4.79 Å². The van der Waals surface area contributed by atoms with E-state index in [2.05, 4.69) is 0 Å². The number of carbonyl (C=O) groups excluding carboxylic acids is 1. The molecule has 1 atom stereocenters. The fourth-order valence-corrected chi connectivity index (χ4v) is 2.56. The van der Waals surface area contributed by atoms with E-state index in [9.17, 15) is 14.7 Å². The first-order valence-corrected chi connectivity index (χ1v) is 6.66. The van der Waals surface area contributed by atoms with Gasteiger partial charge in [0.25, 0.3) is 5.91 Å². The number of furan rings is 1. The second-order valence-electron chi connectivity index (χ2n) is 4.96. The summed E-state index contributed by atoms with van der Waals surface area (Å²) >= 11 is 0. The lowest BCUT2D eigenvalue weighted by Crippen LogP contribution is -2.48. The zero-order chi connectivity index (χ0) is 14.7. The summed E-state index contributed by atoms with van der Waals surface area (Å²) in [6, 6.07) is 0.894. The van der Waals surface area contributed by atoms with Crippen LogP contribution in [0.2, 0.25) is 0 Å². The number of amides is 1. The maximum absolute atomic E-state index is 12.5. The van der Waals surface area contributed by atoms with Crippen LogP contribution in [0.1, 0.15) is 41.1 Å². The van der Waals surface area contributed by atoms with E-state index in [1.54, 1.807) is 20.1 Å². The van der Waals surface area contributed by atoms with Crippen LogP contribution in [0.25, 0.3) is 0 Å². The molecule has 1 fully saturated rings. The quantitative estimate of drug-likeness (QED) is 0.910. The van der Waals surface area contributed by atoms with Crippen molar-refractivity contribution in [2.75, 3.05) is 13.7 Å². The fraction of sp³-hybridized carbons (Fsp3) is 0.571. The molecule has 1 amide bonds. The number of methoxy groups -OCH3 is 1. The number of piperidine rings is 1. The summed E-state index contributed by atoms with van der Waals surface area (Å²) in [4.78, 5) is 25.2. The van der Waals surface area contributed by atoms with Gasteiger partial charge in [-0.1, -0.05) is 0 Å². The molecule has 1 saturated heterocycles. The van der Waals surface area contributed by atoms with E-state index in [1.807, 2.05) is 0 Å². The van der Waals surface area contributed by atoms with Crippen molar-refractivity contribution in [2.24, 2.45) is 0 Å². The Morgan fingerprint density at radius 2 is 2.25 bits per heavy atom. The number of ether oxygens (including phenoxy) is 1. The fourth-order valence-electron chi connectivity index (χ4n) is 2.56. The third-order valence-electron chi connectivity index (χ3n) is 3.53. The lowest BCUT2D eigenvalue weighted by atomic mass is 10.0. The molecular formula is C14H19NO5. The number of carboxylic acid groups (broad SMARTS) is 1. The Labute approximate surface area is 117 Å². The summed E-state index contributed by atoms with van der Waals surface area (Å²) in [5.41, 5.74) is 0.421. The van der Waals surface area contributed by atoms with Gasteiger partial charge in [0.1, 0.15) is 24.2 Å². The summed E-state index contributed by atoms with van der Waals surface area (Å²) in [5, 5.41) is 9.23. The predicted molar refractivity (Wildman–Crippen MR) is 70.5 cm³/mol. The molecule has 1 aliphatic heterocycles. The highest BCUT2D eigenvalue weighted by Gasteiger charge is 2.33. The lowest BCUT2D eigenvalue weighted by Gasteiger charge is -2.32. The van der Waals surface area contributed by atoms with Crippen LogP contribution in [0.4, 0.5) is 0 Å². The normalized spacial score (nSPS) is 19.1. The summed E-state index contributed by atoms with van der Waals surface area (Å²) in [6.45, 7) is 2.46. The van der Waals surface area contributed by atoms with E-state index in [0.717, 1.165) is 12.8 Å². The molecule has 0 bridgehead atoms. The molecule has 1 unspecified atom stereocenters. The topological polar surface area (TPSA) is 80.0 Å². The van der Waals surface area contributed by atoms with Crippen LogP contribution < -0.4 is 0 Å². The molecule has 0 saturated carbocycles. The van der Waals surface area contributed by atoms with Crippen LogP contribution in [0.3, 0.4) is 0 Å². The van der Waals surface area contributed by atoms with Crippen molar-refractivity contribution >= 4 is 11.9 Å². The molecule has 6 nitrogen and oxygen atoms in total. The Balaban J connectivity index is 2.22. The molecule has 1 aliphatic rings. The minimum Gasteiger partial charge on any atom is -0.480 e. The van der Waals surface area contributed by atoms with Gasteiger partial charge < -0.3 is 19.2 Å². The van der Waals surface area contributed by atoms with Gasteiger partial charge in [0.05, 0.1) is 5.56 Å². The van der Waals surface area contributed by atoms with Crippen LogP contribution in [-0.4, -0.2) is 41.6 Å². The van der Waals surface area contributed by atoms with E-state index in [1.165, 1.54) is 4.90 Å². The second-order valence-corrected chi connectivity index (χ2v) is 4.96. The van der Waals surface area contributed by atoms with Crippen molar-refractivity contribution in [3.63, 3.8) is 0 Å². The third-order valence-corrected chi connectivity index (χ3v) is 3.53. The molecule has 0 spiro atoms. The number of carbonyl (C=O) groups is 2. The zero-order valence-corrected chi connectivity index (χ0v) is 11.7. The first kappa shape index (κ1) is 14.6. The third kappa shape index (κ3) is 2.85. The van der Waals surface area contributed by atoms with E-state index in [-0.39, 0.29) is 12.5 Å². The van der Waals surface area contributed by atoms with Gasteiger partial charge in [-0.15, -0.1) is 0 Å². The van der Waals surface area contributed by atoms with Crippen molar-refractivity contribution < 1.29 is 23.8 Å². The van der Waals surface area contributed by atoms with E-state index >= 15 is 0 Å². The smallest absolute Gasteiger partial charge is 0.326 e. The molecular weight excluding hydrogens is 262 g/mol. The van der Waals surface area contributed by atoms with Crippen molar-refractivity contribution in [3.8, 4) is 0 Å². The monoisotopic (exact) mass is 281 g/mol. The minimum absolute atomic E-state index is 0.277. The first-order chi connectivity index (χ1) is 9.54. The SMILES string of the molecule is COCc1cc(C(=O)N2CCCCC2C(=O)O)c(C)o1. The van der Waals surface area contributed by atoms with Gasteiger partial charge in [0, 0.05) is 13.7 Å².